The maximum Gasteiger partial charge on any atom is 0.338 e. The second-order valence-electron chi connectivity index (χ2n) is 7.22. The third-order valence-corrected chi connectivity index (χ3v) is 6.88. The minimum Gasteiger partial charge on any atom is -0.495 e. The third-order valence-electron chi connectivity index (χ3n) is 5.10. The summed E-state index contributed by atoms with van der Waals surface area (Å²) in [6.07, 6.45) is 0. The zero-order valence-electron chi connectivity index (χ0n) is 19.1. The number of esters is 1. The van der Waals surface area contributed by atoms with Gasteiger partial charge in [-0.15, -0.1) is 0 Å². The van der Waals surface area contributed by atoms with Gasteiger partial charge in [0.2, 0.25) is 0 Å². The number of hydrogen-bond acceptors (Lipinski definition) is 7. The molecule has 0 N–H and O–H groups in total. The van der Waals surface area contributed by atoms with Crippen LogP contribution in [0.1, 0.15) is 10.4 Å². The molecule has 0 saturated heterocycles. The van der Waals surface area contributed by atoms with Crippen LogP contribution < -0.4 is 13.9 Å². The van der Waals surface area contributed by atoms with Gasteiger partial charge in [0.05, 0.1) is 29.3 Å². The van der Waals surface area contributed by atoms with Crippen molar-refractivity contribution in [2.75, 3.05) is 36.5 Å². The number of hydrogen-bond donors (Lipinski definition) is 0. The Labute approximate surface area is 203 Å². The summed E-state index contributed by atoms with van der Waals surface area (Å²) in [5.74, 6) is -0.974. The molecule has 0 spiro atoms. The minimum absolute atomic E-state index is 0.0391. The molecule has 0 aliphatic heterocycles. The lowest BCUT2D eigenvalue weighted by Crippen LogP contribution is -2.35. The quantitative estimate of drug-likeness (QED) is 0.332. The number of para-hydroxylation sites is 3. The van der Waals surface area contributed by atoms with E-state index in [-0.39, 0.29) is 17.0 Å². The Balaban J connectivity index is 1.69. The second kappa shape index (κ2) is 11.2. The lowest BCUT2D eigenvalue weighted by Gasteiger charge is -2.21. The van der Waals surface area contributed by atoms with E-state index in [1.807, 2.05) is 6.07 Å². The molecule has 0 saturated carbocycles. The van der Waals surface area contributed by atoms with Gasteiger partial charge in [0.1, 0.15) is 12.3 Å². The maximum absolute atomic E-state index is 13.0. The van der Waals surface area contributed by atoms with Crippen LogP contribution in [0.5, 0.6) is 5.75 Å². The van der Waals surface area contributed by atoms with Crippen LogP contribution in [0, 0.1) is 11.3 Å². The van der Waals surface area contributed by atoms with Crippen LogP contribution in [-0.4, -0.2) is 47.6 Å². The summed E-state index contributed by atoms with van der Waals surface area (Å²) >= 11 is 0. The van der Waals surface area contributed by atoms with Crippen molar-refractivity contribution in [3.63, 3.8) is 0 Å². The number of benzene rings is 3. The predicted molar refractivity (Wildman–Crippen MR) is 130 cm³/mol. The lowest BCUT2D eigenvalue weighted by molar-refractivity contribution is -0.121. The Bertz CT molecular complexity index is 1340. The largest absolute Gasteiger partial charge is 0.495 e. The number of nitrogens with zero attached hydrogens (tertiary/aromatic N) is 3. The average molecular weight is 494 g/mol. The summed E-state index contributed by atoms with van der Waals surface area (Å²) in [6.45, 7) is -0.779. The summed E-state index contributed by atoms with van der Waals surface area (Å²) in [6, 6.07) is 22.3. The number of sulfonamides is 1. The molecule has 0 aromatic heterocycles. The van der Waals surface area contributed by atoms with E-state index in [1.54, 1.807) is 54.6 Å². The van der Waals surface area contributed by atoms with Gasteiger partial charge in [-0.2, -0.15) is 5.26 Å². The Hall–Kier alpha value is -4.36. The molecule has 0 radical (unpaired) electrons. The van der Waals surface area contributed by atoms with Gasteiger partial charge in [0.25, 0.3) is 15.9 Å². The van der Waals surface area contributed by atoms with Crippen molar-refractivity contribution < 1.29 is 27.5 Å². The standard InChI is InChI=1S/C25H23N3O6S/c1-27(22-10-6-7-11-23(22)33-2)35(31,32)21-14-12-19(13-15-21)25(30)34-18-24(29)28(17-16-26)20-8-4-3-5-9-20/h3-15H,17-18H2,1-2H3. The SMILES string of the molecule is COc1ccccc1N(C)S(=O)(=O)c1ccc(C(=O)OCC(=O)N(CC#N)c2ccccc2)cc1. The molecule has 10 heteroatoms. The maximum atomic E-state index is 13.0. The van der Waals surface area contributed by atoms with Crippen molar-refractivity contribution in [3.8, 4) is 11.8 Å². The van der Waals surface area contributed by atoms with Gasteiger partial charge < -0.3 is 9.47 Å². The fourth-order valence-corrected chi connectivity index (χ4v) is 4.44. The average Bonchev–Trinajstić information content (AvgIpc) is 2.90. The van der Waals surface area contributed by atoms with Crippen LogP contribution >= 0.6 is 0 Å². The number of ether oxygens (including phenoxy) is 2. The highest BCUT2D eigenvalue weighted by atomic mass is 32.2. The van der Waals surface area contributed by atoms with E-state index in [9.17, 15) is 18.0 Å². The zero-order chi connectivity index (χ0) is 25.4. The molecular weight excluding hydrogens is 470 g/mol. The summed E-state index contributed by atoms with van der Waals surface area (Å²) in [7, 11) is -1.08. The van der Waals surface area contributed by atoms with Crippen LogP contribution in [0.25, 0.3) is 0 Å². The van der Waals surface area contributed by atoms with E-state index < -0.39 is 28.5 Å². The first-order valence-electron chi connectivity index (χ1n) is 10.4. The lowest BCUT2D eigenvalue weighted by atomic mass is 10.2. The monoisotopic (exact) mass is 493 g/mol. The number of rotatable bonds is 9. The first kappa shape index (κ1) is 25.3. The molecule has 35 heavy (non-hydrogen) atoms. The first-order chi connectivity index (χ1) is 16.8. The number of anilines is 2. The molecule has 0 aliphatic carbocycles. The van der Waals surface area contributed by atoms with Gasteiger partial charge in [-0.05, 0) is 48.5 Å². The Morgan fingerprint density at radius 1 is 0.943 bits per heavy atom. The number of amides is 1. The van der Waals surface area contributed by atoms with Crippen molar-refractivity contribution in [2.45, 2.75) is 4.90 Å². The van der Waals surface area contributed by atoms with Crippen molar-refractivity contribution in [1.29, 1.82) is 5.26 Å². The van der Waals surface area contributed by atoms with Gasteiger partial charge in [-0.1, -0.05) is 30.3 Å². The zero-order valence-corrected chi connectivity index (χ0v) is 19.9. The molecule has 0 unspecified atom stereocenters. The normalized spacial score (nSPS) is 10.7. The van der Waals surface area contributed by atoms with Crippen LogP contribution in [0.15, 0.2) is 83.8 Å². The van der Waals surface area contributed by atoms with Gasteiger partial charge in [0, 0.05) is 12.7 Å². The van der Waals surface area contributed by atoms with Gasteiger partial charge in [0.15, 0.2) is 6.61 Å². The molecular formula is C25H23N3O6S. The number of carbonyl (C=O) groups excluding carboxylic acids is 2. The van der Waals surface area contributed by atoms with Crippen molar-refractivity contribution in [3.05, 3.63) is 84.4 Å². The van der Waals surface area contributed by atoms with E-state index in [2.05, 4.69) is 0 Å². The van der Waals surface area contributed by atoms with Crippen molar-refractivity contribution in [2.24, 2.45) is 0 Å². The summed E-state index contributed by atoms with van der Waals surface area (Å²) in [5, 5.41) is 9.02. The molecule has 0 atom stereocenters. The molecule has 9 nitrogen and oxygen atoms in total. The van der Waals surface area contributed by atoms with Gasteiger partial charge >= 0.3 is 5.97 Å². The number of methoxy groups -OCH3 is 1. The fraction of sp³-hybridized carbons (Fsp3) is 0.160. The molecule has 180 valence electrons. The number of nitriles is 1. The molecule has 0 bridgehead atoms. The van der Waals surface area contributed by atoms with Gasteiger partial charge in [-0.25, -0.2) is 13.2 Å². The molecule has 3 aromatic rings. The Kier molecular flexibility index (Phi) is 8.07. The molecule has 0 aliphatic rings. The highest BCUT2D eigenvalue weighted by Crippen LogP contribution is 2.30. The summed E-state index contributed by atoms with van der Waals surface area (Å²) in [4.78, 5) is 26.1. The van der Waals surface area contributed by atoms with Crippen LogP contribution in [-0.2, 0) is 19.6 Å². The van der Waals surface area contributed by atoms with E-state index >= 15 is 0 Å². The molecule has 0 heterocycles. The highest BCUT2D eigenvalue weighted by Gasteiger charge is 2.24. The molecule has 1 amide bonds. The summed E-state index contributed by atoms with van der Waals surface area (Å²) < 4.78 is 37.5. The Morgan fingerprint density at radius 3 is 2.20 bits per heavy atom. The van der Waals surface area contributed by atoms with E-state index in [4.69, 9.17) is 14.7 Å². The van der Waals surface area contributed by atoms with Crippen LogP contribution in [0.2, 0.25) is 0 Å². The van der Waals surface area contributed by atoms with Crippen molar-refractivity contribution in [1.82, 2.24) is 0 Å². The summed E-state index contributed by atoms with van der Waals surface area (Å²) in [5.41, 5.74) is 0.935. The molecule has 0 fully saturated rings. The second-order valence-corrected chi connectivity index (χ2v) is 9.19. The van der Waals surface area contributed by atoms with Crippen LogP contribution in [0.4, 0.5) is 11.4 Å². The Morgan fingerprint density at radius 2 is 1.57 bits per heavy atom. The predicted octanol–water partition coefficient (Wildman–Crippen LogP) is 3.23. The fourth-order valence-electron chi connectivity index (χ4n) is 3.23. The molecule has 3 rings (SSSR count). The smallest absolute Gasteiger partial charge is 0.338 e. The van der Waals surface area contributed by atoms with Gasteiger partial charge in [-0.3, -0.25) is 14.0 Å². The van der Waals surface area contributed by atoms with E-state index in [1.165, 1.54) is 43.3 Å². The minimum atomic E-state index is -3.93. The topological polar surface area (TPSA) is 117 Å². The van der Waals surface area contributed by atoms with Crippen molar-refractivity contribution >= 4 is 33.3 Å². The number of carbonyl (C=O) groups is 2. The van der Waals surface area contributed by atoms with E-state index in [0.717, 1.165) is 4.31 Å². The first-order valence-corrected chi connectivity index (χ1v) is 11.8. The van der Waals surface area contributed by atoms with Crippen LogP contribution in [0.3, 0.4) is 0 Å². The third kappa shape index (κ3) is 5.77. The van der Waals surface area contributed by atoms with E-state index in [0.29, 0.717) is 17.1 Å². The highest BCUT2D eigenvalue weighted by molar-refractivity contribution is 7.92. The molecule has 3 aromatic carbocycles.